The minimum Gasteiger partial charge on any atom is -0.463 e. The molecule has 0 aromatic heterocycles. The smallest absolute Gasteiger partial charge is 0.364 e. The molecule has 0 aliphatic heterocycles. The Morgan fingerprint density at radius 1 is 0.853 bits per heavy atom. The second-order valence-corrected chi connectivity index (χ2v) is 10.9. The summed E-state index contributed by atoms with van der Waals surface area (Å²) in [5, 5.41) is 9.92. The zero-order valence-corrected chi connectivity index (χ0v) is 22.7. The molecule has 0 rings (SSSR count). The van der Waals surface area contributed by atoms with Crippen LogP contribution in [0, 0.1) is 0 Å². The normalized spacial score (nSPS) is 13.9. The molecule has 0 radical (unpaired) electrons. The van der Waals surface area contributed by atoms with Gasteiger partial charge in [-0.05, 0) is 46.0 Å². The predicted molar refractivity (Wildman–Crippen MR) is 137 cm³/mol. The Hall–Kier alpha value is -0.750. The van der Waals surface area contributed by atoms with Crippen LogP contribution in [0.5, 0.6) is 0 Å². The number of unbranched alkanes of at least 4 members (excludes halogenated alkanes) is 11. The number of halogens is 1. The molecule has 0 aromatic rings. The number of allylic oxidation sites excluding steroid dienone is 2. The van der Waals surface area contributed by atoms with Crippen molar-refractivity contribution in [1.82, 2.24) is 0 Å². The molecule has 0 saturated heterocycles. The summed E-state index contributed by atoms with van der Waals surface area (Å²) in [7, 11) is -3.93. The molecule has 2 atom stereocenters. The molecule has 6 nitrogen and oxygen atoms in total. The van der Waals surface area contributed by atoms with Gasteiger partial charge < -0.3 is 18.9 Å². The fourth-order valence-corrected chi connectivity index (χ4v) is 5.20. The molecule has 0 bridgehead atoms. The number of aliphatic hydroxyl groups excluding tert-OH is 1. The van der Waals surface area contributed by atoms with Gasteiger partial charge in [0.25, 0.3) is 0 Å². The molecule has 1 N–H and O–H groups in total. The number of hydrogen-bond donors (Lipinski definition) is 1. The van der Waals surface area contributed by atoms with E-state index in [1.54, 1.807) is 13.8 Å². The highest BCUT2D eigenvalue weighted by Gasteiger charge is 2.37. The van der Waals surface area contributed by atoms with E-state index in [4.69, 9.17) is 13.8 Å². The molecule has 0 amide bonds. The van der Waals surface area contributed by atoms with Crippen molar-refractivity contribution >= 4 is 13.6 Å². The third-order valence-electron chi connectivity index (χ3n) is 5.51. The number of esters is 1. The van der Waals surface area contributed by atoms with Gasteiger partial charge in [0.2, 0.25) is 5.91 Å². The molecule has 0 saturated carbocycles. The predicted octanol–water partition coefficient (Wildman–Crippen LogP) is 7.88. The van der Waals surface area contributed by atoms with Crippen molar-refractivity contribution in [3.05, 3.63) is 12.2 Å². The summed E-state index contributed by atoms with van der Waals surface area (Å²) in [5.41, 5.74) is 0. The Bertz CT molecular complexity index is 547. The van der Waals surface area contributed by atoms with E-state index in [1.165, 1.54) is 51.4 Å². The molecule has 0 aliphatic carbocycles. The van der Waals surface area contributed by atoms with Gasteiger partial charge in [-0.2, -0.15) is 0 Å². The van der Waals surface area contributed by atoms with Crippen molar-refractivity contribution in [3.8, 4) is 0 Å². The number of ether oxygens (including phenoxy) is 1. The molecule has 0 spiro atoms. The Labute approximate surface area is 207 Å². The molecule has 0 aromatic carbocycles. The molecule has 8 heteroatoms. The first kappa shape index (κ1) is 33.2. The molecule has 34 heavy (non-hydrogen) atoms. The molecule has 1 unspecified atom stereocenters. The summed E-state index contributed by atoms with van der Waals surface area (Å²) in [6.45, 7) is 5.17. The monoisotopic (exact) mass is 508 g/mol. The van der Waals surface area contributed by atoms with E-state index in [-0.39, 0.29) is 26.2 Å². The zero-order chi connectivity index (χ0) is 25.5. The standard InChI is InChI=1S/C26H50FO6P/c1-4-7-8-9-10-11-12-13-14-15-16-17-18-19-20-21-26(29)31-23-24(28)22-25(27)34(30,32-5-2)33-6-3/h13-14,24-25,28H,4-12,15-23H2,1-3H3/t24-,25?/m0/s1. The van der Waals surface area contributed by atoms with E-state index >= 15 is 0 Å². The first-order valence-electron chi connectivity index (χ1n) is 13.4. The number of carbonyl (C=O) groups excluding carboxylic acids is 1. The number of carbonyl (C=O) groups is 1. The summed E-state index contributed by atoms with van der Waals surface area (Å²) in [5.74, 6) is -2.38. The van der Waals surface area contributed by atoms with E-state index in [0.717, 1.165) is 32.1 Å². The van der Waals surface area contributed by atoms with Crippen molar-refractivity contribution < 1.29 is 32.6 Å². The van der Waals surface area contributed by atoms with Crippen molar-refractivity contribution in [3.63, 3.8) is 0 Å². The van der Waals surface area contributed by atoms with E-state index < -0.39 is 32.0 Å². The van der Waals surface area contributed by atoms with Crippen LogP contribution in [0.1, 0.15) is 117 Å². The largest absolute Gasteiger partial charge is 0.463 e. The maximum absolute atomic E-state index is 14.3. The highest BCUT2D eigenvalue weighted by Crippen LogP contribution is 2.55. The Kier molecular flexibility index (Phi) is 22.2. The van der Waals surface area contributed by atoms with Crippen LogP contribution < -0.4 is 0 Å². The maximum atomic E-state index is 14.3. The van der Waals surface area contributed by atoms with Crippen LogP contribution >= 0.6 is 7.60 Å². The summed E-state index contributed by atoms with van der Waals surface area (Å²) in [4.78, 5) is 11.8. The lowest BCUT2D eigenvalue weighted by atomic mass is 10.1. The third-order valence-corrected chi connectivity index (χ3v) is 7.64. The first-order valence-corrected chi connectivity index (χ1v) is 15.0. The Balaban J connectivity index is 3.70. The van der Waals surface area contributed by atoms with Gasteiger partial charge in [-0.3, -0.25) is 9.36 Å². The van der Waals surface area contributed by atoms with Crippen LogP contribution in [0.25, 0.3) is 0 Å². The molecular formula is C26H50FO6P. The molecule has 0 fully saturated rings. The molecule has 0 aliphatic rings. The van der Waals surface area contributed by atoms with Gasteiger partial charge >= 0.3 is 13.6 Å². The van der Waals surface area contributed by atoms with Gasteiger partial charge in [0.1, 0.15) is 6.61 Å². The topological polar surface area (TPSA) is 82.1 Å². The lowest BCUT2D eigenvalue weighted by Crippen LogP contribution is -2.23. The summed E-state index contributed by atoms with van der Waals surface area (Å²) >= 11 is 0. The minimum atomic E-state index is -3.93. The van der Waals surface area contributed by atoms with Gasteiger partial charge in [-0.25, -0.2) is 4.39 Å². The van der Waals surface area contributed by atoms with E-state index in [9.17, 15) is 18.9 Å². The quantitative estimate of drug-likeness (QED) is 0.0618. The highest BCUT2D eigenvalue weighted by molar-refractivity contribution is 7.54. The summed E-state index contributed by atoms with van der Waals surface area (Å²) < 4.78 is 41.5. The fourth-order valence-electron chi connectivity index (χ4n) is 3.58. The SMILES string of the molecule is CCCCCCCCC=CCCCCCCCC(=O)OC[C@@H](O)CC(F)P(=O)(OCC)OCC. The van der Waals surface area contributed by atoms with Gasteiger partial charge in [0.15, 0.2) is 0 Å². The number of aliphatic hydroxyl groups is 1. The van der Waals surface area contributed by atoms with Crippen LogP contribution in [-0.4, -0.2) is 42.9 Å². The van der Waals surface area contributed by atoms with Crippen LogP contribution in [0.15, 0.2) is 12.2 Å². The average Bonchev–Trinajstić information content (AvgIpc) is 2.80. The van der Waals surface area contributed by atoms with Gasteiger partial charge in [0.05, 0.1) is 19.3 Å². The second kappa shape index (κ2) is 22.7. The highest BCUT2D eigenvalue weighted by atomic mass is 31.2. The molecular weight excluding hydrogens is 458 g/mol. The number of rotatable bonds is 24. The average molecular weight is 509 g/mol. The summed E-state index contributed by atoms with van der Waals surface area (Å²) in [6.07, 6.45) is 18.5. The lowest BCUT2D eigenvalue weighted by molar-refractivity contribution is -0.147. The van der Waals surface area contributed by atoms with Gasteiger partial charge in [0, 0.05) is 12.8 Å². The van der Waals surface area contributed by atoms with Crippen molar-refractivity contribution in [1.29, 1.82) is 0 Å². The maximum Gasteiger partial charge on any atom is 0.364 e. The Morgan fingerprint density at radius 2 is 1.35 bits per heavy atom. The van der Waals surface area contributed by atoms with Crippen molar-refractivity contribution in [2.75, 3.05) is 19.8 Å². The summed E-state index contributed by atoms with van der Waals surface area (Å²) in [6, 6.07) is 0. The van der Waals surface area contributed by atoms with Crippen LogP contribution in [0.2, 0.25) is 0 Å². The van der Waals surface area contributed by atoms with Gasteiger partial charge in [-0.15, -0.1) is 0 Å². The zero-order valence-electron chi connectivity index (χ0n) is 21.9. The van der Waals surface area contributed by atoms with Crippen LogP contribution in [-0.2, 0) is 23.1 Å². The van der Waals surface area contributed by atoms with E-state index in [0.29, 0.717) is 0 Å². The molecule has 0 heterocycles. The number of alkyl halides is 1. The fraction of sp³-hybridized carbons (Fsp3) is 0.885. The van der Waals surface area contributed by atoms with Crippen molar-refractivity contribution in [2.45, 2.75) is 129 Å². The van der Waals surface area contributed by atoms with Gasteiger partial charge in [-0.1, -0.05) is 70.4 Å². The minimum absolute atomic E-state index is 0.0404. The third kappa shape index (κ3) is 18.6. The van der Waals surface area contributed by atoms with Crippen LogP contribution in [0.4, 0.5) is 4.39 Å². The number of hydrogen-bond acceptors (Lipinski definition) is 6. The molecule has 202 valence electrons. The van der Waals surface area contributed by atoms with E-state index in [2.05, 4.69) is 19.1 Å². The van der Waals surface area contributed by atoms with Crippen LogP contribution in [0.3, 0.4) is 0 Å². The van der Waals surface area contributed by atoms with E-state index in [1.807, 2.05) is 0 Å². The lowest BCUT2D eigenvalue weighted by Gasteiger charge is -2.22. The van der Waals surface area contributed by atoms with Crippen molar-refractivity contribution in [2.24, 2.45) is 0 Å². The first-order chi connectivity index (χ1) is 16.4. The Morgan fingerprint density at radius 3 is 1.88 bits per heavy atom. The second-order valence-electron chi connectivity index (χ2n) is 8.72.